The molecule has 148 valence electrons. The van der Waals surface area contributed by atoms with E-state index in [1.807, 2.05) is 37.2 Å². The highest BCUT2D eigenvalue weighted by Gasteiger charge is 2.28. The number of carbonyl (C=O) groups excluding carboxylic acids is 1. The molecule has 1 saturated heterocycles. The third kappa shape index (κ3) is 3.81. The summed E-state index contributed by atoms with van der Waals surface area (Å²) in [4.78, 5) is 26.0. The molecule has 0 aliphatic carbocycles. The smallest absolute Gasteiger partial charge is 0.269 e. The second kappa shape index (κ2) is 7.92. The fourth-order valence-corrected chi connectivity index (χ4v) is 3.40. The Hall–Kier alpha value is -3.03. The molecule has 1 atom stereocenters. The summed E-state index contributed by atoms with van der Waals surface area (Å²) in [5.74, 6) is 2.30. The van der Waals surface area contributed by atoms with E-state index in [0.29, 0.717) is 29.0 Å². The Morgan fingerprint density at radius 3 is 2.68 bits per heavy atom. The Morgan fingerprint density at radius 2 is 1.93 bits per heavy atom. The predicted molar refractivity (Wildman–Crippen MR) is 107 cm³/mol. The predicted octanol–water partition coefficient (Wildman–Crippen LogP) is 2.31. The lowest BCUT2D eigenvalue weighted by molar-refractivity contribution is -0.125. The maximum atomic E-state index is 12.7. The summed E-state index contributed by atoms with van der Waals surface area (Å²) in [7, 11) is 3.79. The van der Waals surface area contributed by atoms with Gasteiger partial charge in [-0.3, -0.25) is 4.79 Å². The van der Waals surface area contributed by atoms with Crippen molar-refractivity contribution in [3.05, 3.63) is 30.5 Å². The molecule has 8 nitrogen and oxygen atoms in total. The van der Waals surface area contributed by atoms with Gasteiger partial charge in [-0.2, -0.15) is 4.98 Å². The van der Waals surface area contributed by atoms with E-state index in [4.69, 9.17) is 9.47 Å². The Kier molecular flexibility index (Phi) is 5.18. The van der Waals surface area contributed by atoms with Crippen LogP contribution in [-0.4, -0.2) is 55.8 Å². The average Bonchev–Trinajstić information content (AvgIpc) is 2.74. The molecule has 1 aromatic carbocycles. The van der Waals surface area contributed by atoms with Crippen LogP contribution < -0.4 is 24.6 Å². The lowest BCUT2D eigenvalue weighted by Crippen LogP contribution is -2.40. The van der Waals surface area contributed by atoms with Crippen molar-refractivity contribution in [1.29, 1.82) is 0 Å². The van der Waals surface area contributed by atoms with E-state index in [1.54, 1.807) is 12.3 Å². The number of nitrogens with zero attached hydrogens (tertiary/aromatic N) is 4. The Labute approximate surface area is 164 Å². The van der Waals surface area contributed by atoms with Gasteiger partial charge in [0.1, 0.15) is 12.3 Å². The van der Waals surface area contributed by atoms with Gasteiger partial charge in [-0.15, -0.1) is 0 Å². The van der Waals surface area contributed by atoms with E-state index in [0.717, 1.165) is 25.9 Å². The quantitative estimate of drug-likeness (QED) is 0.868. The highest BCUT2D eigenvalue weighted by molar-refractivity contribution is 5.97. The van der Waals surface area contributed by atoms with Gasteiger partial charge in [0.15, 0.2) is 17.3 Å². The molecule has 28 heavy (non-hydrogen) atoms. The number of fused-ring (bicyclic) bond motifs is 1. The van der Waals surface area contributed by atoms with Gasteiger partial charge >= 0.3 is 0 Å². The Balaban J connectivity index is 1.50. The zero-order valence-electron chi connectivity index (χ0n) is 16.2. The molecule has 1 unspecified atom stereocenters. The number of para-hydroxylation sites is 2. The van der Waals surface area contributed by atoms with Crippen LogP contribution in [0.15, 0.2) is 30.5 Å². The molecule has 4 rings (SSSR count). The lowest BCUT2D eigenvalue weighted by atomic mass is 10.1. The molecule has 2 aliphatic heterocycles. The summed E-state index contributed by atoms with van der Waals surface area (Å²) in [5.41, 5.74) is 0.554. The molecule has 8 heteroatoms. The van der Waals surface area contributed by atoms with E-state index < -0.39 is 6.10 Å². The minimum atomic E-state index is -0.730. The molecule has 0 radical (unpaired) electrons. The van der Waals surface area contributed by atoms with Crippen LogP contribution in [0.25, 0.3) is 0 Å². The van der Waals surface area contributed by atoms with Gasteiger partial charge in [-0.05, 0) is 31.4 Å². The van der Waals surface area contributed by atoms with Crippen molar-refractivity contribution < 1.29 is 14.3 Å². The summed E-state index contributed by atoms with van der Waals surface area (Å²) in [6.45, 7) is 2.09. The van der Waals surface area contributed by atoms with Crippen molar-refractivity contribution in [1.82, 2.24) is 9.97 Å². The van der Waals surface area contributed by atoms with E-state index in [-0.39, 0.29) is 12.5 Å². The molecule has 2 aromatic rings. The normalized spacial score (nSPS) is 18.5. The van der Waals surface area contributed by atoms with Crippen LogP contribution in [0.1, 0.15) is 19.3 Å². The molecule has 0 saturated carbocycles. The molecule has 1 N–H and O–H groups in total. The van der Waals surface area contributed by atoms with Crippen LogP contribution in [0.2, 0.25) is 0 Å². The summed E-state index contributed by atoms with van der Waals surface area (Å²) < 4.78 is 11.4. The van der Waals surface area contributed by atoms with Crippen molar-refractivity contribution in [3.63, 3.8) is 0 Å². The number of aromatic nitrogens is 2. The van der Waals surface area contributed by atoms with Crippen molar-refractivity contribution in [3.8, 4) is 11.5 Å². The highest BCUT2D eigenvalue weighted by atomic mass is 16.6. The number of ether oxygens (including phenoxy) is 2. The molecule has 2 aliphatic rings. The first kappa shape index (κ1) is 18.3. The zero-order chi connectivity index (χ0) is 19.5. The van der Waals surface area contributed by atoms with Crippen molar-refractivity contribution in [2.75, 3.05) is 48.9 Å². The molecule has 3 heterocycles. The lowest BCUT2D eigenvalue weighted by Gasteiger charge is -2.28. The minimum absolute atomic E-state index is 0.160. The van der Waals surface area contributed by atoms with Gasteiger partial charge in [0, 0.05) is 27.2 Å². The van der Waals surface area contributed by atoms with Gasteiger partial charge in [0.25, 0.3) is 5.91 Å². The fraction of sp³-hybridized carbons (Fsp3) is 0.450. The number of hydrogen-bond donors (Lipinski definition) is 1. The average molecular weight is 383 g/mol. The topological polar surface area (TPSA) is 79.8 Å². The van der Waals surface area contributed by atoms with Crippen molar-refractivity contribution in [2.24, 2.45) is 0 Å². The highest BCUT2D eigenvalue weighted by Crippen LogP contribution is 2.31. The van der Waals surface area contributed by atoms with Crippen LogP contribution in [0.3, 0.4) is 0 Å². The molecule has 1 amide bonds. The first-order valence-corrected chi connectivity index (χ1v) is 9.60. The van der Waals surface area contributed by atoms with Crippen LogP contribution >= 0.6 is 0 Å². The summed E-state index contributed by atoms with van der Waals surface area (Å²) in [5, 5.41) is 2.89. The second-order valence-electron chi connectivity index (χ2n) is 7.20. The standard InChI is InChI=1S/C20H25N5O3/c1-24(2)18-14(12-21-20(23-18)25-10-6-3-7-11-25)22-19(26)17-13-27-15-8-4-5-9-16(15)28-17/h4-5,8-9,12,17H,3,6-7,10-11,13H2,1-2H3,(H,22,26). The number of rotatable bonds is 4. The third-order valence-electron chi connectivity index (χ3n) is 4.88. The van der Waals surface area contributed by atoms with Crippen LogP contribution in [0.5, 0.6) is 11.5 Å². The maximum Gasteiger partial charge on any atom is 0.269 e. The number of amides is 1. The Morgan fingerprint density at radius 1 is 1.18 bits per heavy atom. The van der Waals surface area contributed by atoms with Crippen LogP contribution in [0.4, 0.5) is 17.5 Å². The number of hydrogen-bond acceptors (Lipinski definition) is 7. The summed E-state index contributed by atoms with van der Waals surface area (Å²) in [6.07, 6.45) is 4.49. The second-order valence-corrected chi connectivity index (χ2v) is 7.20. The van der Waals surface area contributed by atoms with Crippen molar-refractivity contribution >= 4 is 23.4 Å². The fourth-order valence-electron chi connectivity index (χ4n) is 3.40. The first-order chi connectivity index (χ1) is 13.6. The largest absolute Gasteiger partial charge is 0.485 e. The number of nitrogens with one attached hydrogen (secondary N) is 1. The van der Waals surface area contributed by atoms with Crippen LogP contribution in [0, 0.1) is 0 Å². The van der Waals surface area contributed by atoms with E-state index >= 15 is 0 Å². The number of piperidine rings is 1. The van der Waals surface area contributed by atoms with E-state index in [1.165, 1.54) is 6.42 Å². The van der Waals surface area contributed by atoms with Gasteiger partial charge in [0.2, 0.25) is 12.1 Å². The van der Waals surface area contributed by atoms with Gasteiger partial charge < -0.3 is 24.6 Å². The molecular formula is C20H25N5O3. The summed E-state index contributed by atoms with van der Waals surface area (Å²) >= 11 is 0. The number of carbonyl (C=O) groups is 1. The van der Waals surface area contributed by atoms with Gasteiger partial charge in [-0.25, -0.2) is 4.98 Å². The monoisotopic (exact) mass is 383 g/mol. The van der Waals surface area contributed by atoms with Gasteiger partial charge in [-0.1, -0.05) is 12.1 Å². The third-order valence-corrected chi connectivity index (χ3v) is 4.88. The zero-order valence-corrected chi connectivity index (χ0v) is 16.2. The number of benzene rings is 1. The Bertz CT molecular complexity index is 851. The molecular weight excluding hydrogens is 358 g/mol. The van der Waals surface area contributed by atoms with Gasteiger partial charge in [0.05, 0.1) is 6.20 Å². The molecule has 1 fully saturated rings. The molecule has 1 aromatic heterocycles. The van der Waals surface area contributed by atoms with E-state index in [9.17, 15) is 4.79 Å². The summed E-state index contributed by atoms with van der Waals surface area (Å²) in [6, 6.07) is 7.32. The molecule has 0 spiro atoms. The maximum absolute atomic E-state index is 12.7. The van der Waals surface area contributed by atoms with Crippen molar-refractivity contribution in [2.45, 2.75) is 25.4 Å². The van der Waals surface area contributed by atoms with Crippen LogP contribution in [-0.2, 0) is 4.79 Å². The minimum Gasteiger partial charge on any atom is -0.485 e. The first-order valence-electron chi connectivity index (χ1n) is 9.60. The SMILES string of the molecule is CN(C)c1nc(N2CCCCC2)ncc1NC(=O)C1COc2ccccc2O1. The molecule has 0 bridgehead atoms. The number of anilines is 3. The van der Waals surface area contributed by atoms with E-state index in [2.05, 4.69) is 20.2 Å².